The van der Waals surface area contributed by atoms with Crippen LogP contribution in [0.3, 0.4) is 0 Å². The first-order valence-corrected chi connectivity index (χ1v) is 8.79. The topological polar surface area (TPSA) is 78.9 Å². The number of aryl methyl sites for hydroxylation is 1. The van der Waals surface area contributed by atoms with Gasteiger partial charge >= 0.3 is 6.18 Å². The highest BCUT2D eigenvalue weighted by molar-refractivity contribution is 5.94. The number of amides is 1. The Kier molecular flexibility index (Phi) is 4.37. The standard InChI is InChI=1S/C18H18F3N5O/c19-18(20,21)13-9-22-17(26-16(13)23-11-2-1-3-11)24-12-5-6-14-10(8-12)4-7-15(27)25-14/h5-6,8-9,11H,1-4,7H2,(H,25,27)(H2,22,23,24,26). The largest absolute Gasteiger partial charge is 0.421 e. The first-order valence-electron chi connectivity index (χ1n) is 8.79. The first kappa shape index (κ1) is 17.6. The summed E-state index contributed by atoms with van der Waals surface area (Å²) in [5.41, 5.74) is 1.49. The van der Waals surface area contributed by atoms with Gasteiger partial charge in [0.05, 0.1) is 0 Å². The molecule has 0 radical (unpaired) electrons. The predicted molar refractivity (Wildman–Crippen MR) is 95.0 cm³/mol. The molecule has 0 bridgehead atoms. The van der Waals surface area contributed by atoms with Gasteiger partial charge in [-0.1, -0.05) is 0 Å². The molecule has 0 atom stereocenters. The lowest BCUT2D eigenvalue weighted by atomic mass is 9.93. The number of benzene rings is 1. The Morgan fingerprint density at radius 2 is 2.00 bits per heavy atom. The molecule has 0 saturated heterocycles. The molecule has 1 saturated carbocycles. The van der Waals surface area contributed by atoms with E-state index in [1.54, 1.807) is 12.1 Å². The normalized spacial score (nSPS) is 16.9. The number of carbonyl (C=O) groups is 1. The van der Waals surface area contributed by atoms with Crippen LogP contribution in [-0.2, 0) is 17.4 Å². The fourth-order valence-corrected chi connectivity index (χ4v) is 3.10. The highest BCUT2D eigenvalue weighted by Crippen LogP contribution is 2.36. The lowest BCUT2D eigenvalue weighted by Crippen LogP contribution is -2.29. The van der Waals surface area contributed by atoms with Crippen LogP contribution in [0.2, 0.25) is 0 Å². The average Bonchev–Trinajstić information content (AvgIpc) is 2.57. The first-order chi connectivity index (χ1) is 12.9. The number of halogens is 3. The Morgan fingerprint density at radius 1 is 1.19 bits per heavy atom. The van der Waals surface area contributed by atoms with Gasteiger partial charge in [-0.25, -0.2) is 4.98 Å². The lowest BCUT2D eigenvalue weighted by Gasteiger charge is -2.28. The van der Waals surface area contributed by atoms with E-state index in [2.05, 4.69) is 25.9 Å². The molecule has 0 spiro atoms. The van der Waals surface area contributed by atoms with Crippen molar-refractivity contribution in [1.82, 2.24) is 9.97 Å². The second-order valence-electron chi connectivity index (χ2n) is 6.77. The maximum atomic E-state index is 13.2. The smallest absolute Gasteiger partial charge is 0.367 e. The van der Waals surface area contributed by atoms with E-state index in [0.29, 0.717) is 18.5 Å². The number of alkyl halides is 3. The lowest BCUT2D eigenvalue weighted by molar-refractivity contribution is -0.137. The number of anilines is 4. The van der Waals surface area contributed by atoms with Crippen LogP contribution >= 0.6 is 0 Å². The van der Waals surface area contributed by atoms with Crippen molar-refractivity contribution in [2.24, 2.45) is 0 Å². The summed E-state index contributed by atoms with van der Waals surface area (Å²) in [6.07, 6.45) is -0.0343. The molecular formula is C18H18F3N5O. The van der Waals surface area contributed by atoms with Crippen LogP contribution in [0.5, 0.6) is 0 Å². The zero-order chi connectivity index (χ0) is 19.0. The fraction of sp³-hybridized carbons (Fsp3) is 0.389. The minimum absolute atomic E-state index is 0.0150. The molecule has 1 fully saturated rings. The molecule has 1 amide bonds. The Balaban J connectivity index is 1.58. The Bertz CT molecular complexity index is 880. The van der Waals surface area contributed by atoms with Crippen molar-refractivity contribution in [3.63, 3.8) is 0 Å². The van der Waals surface area contributed by atoms with Gasteiger partial charge < -0.3 is 16.0 Å². The van der Waals surface area contributed by atoms with Crippen LogP contribution in [0, 0.1) is 0 Å². The van der Waals surface area contributed by atoms with Crippen molar-refractivity contribution in [2.75, 3.05) is 16.0 Å². The van der Waals surface area contributed by atoms with E-state index in [1.165, 1.54) is 0 Å². The molecule has 4 rings (SSSR count). The van der Waals surface area contributed by atoms with Gasteiger partial charge in [-0.2, -0.15) is 18.2 Å². The van der Waals surface area contributed by atoms with Crippen molar-refractivity contribution < 1.29 is 18.0 Å². The summed E-state index contributed by atoms with van der Waals surface area (Å²) in [7, 11) is 0. The maximum Gasteiger partial charge on any atom is 0.421 e. The van der Waals surface area contributed by atoms with Crippen molar-refractivity contribution in [2.45, 2.75) is 44.3 Å². The Hall–Kier alpha value is -2.84. The fourth-order valence-electron chi connectivity index (χ4n) is 3.10. The molecule has 9 heteroatoms. The zero-order valence-electron chi connectivity index (χ0n) is 14.4. The highest BCUT2D eigenvalue weighted by Gasteiger charge is 2.36. The van der Waals surface area contributed by atoms with E-state index >= 15 is 0 Å². The van der Waals surface area contributed by atoms with E-state index in [1.807, 2.05) is 6.07 Å². The number of rotatable bonds is 4. The number of nitrogens with one attached hydrogen (secondary N) is 3. The minimum Gasteiger partial charge on any atom is -0.367 e. The monoisotopic (exact) mass is 377 g/mol. The van der Waals surface area contributed by atoms with Crippen LogP contribution in [-0.4, -0.2) is 21.9 Å². The van der Waals surface area contributed by atoms with Gasteiger partial charge in [-0.05, 0) is 49.4 Å². The summed E-state index contributed by atoms with van der Waals surface area (Å²) in [4.78, 5) is 19.3. The second kappa shape index (κ2) is 6.71. The summed E-state index contributed by atoms with van der Waals surface area (Å²) in [6, 6.07) is 5.34. The minimum atomic E-state index is -4.52. The summed E-state index contributed by atoms with van der Waals surface area (Å²) >= 11 is 0. The molecule has 1 aliphatic heterocycles. The molecule has 27 heavy (non-hydrogen) atoms. The van der Waals surface area contributed by atoms with Crippen LogP contribution < -0.4 is 16.0 Å². The van der Waals surface area contributed by atoms with Crippen LogP contribution in [0.25, 0.3) is 0 Å². The predicted octanol–water partition coefficient (Wildman–Crippen LogP) is 4.09. The molecule has 1 aromatic carbocycles. The third-order valence-electron chi connectivity index (χ3n) is 4.80. The SMILES string of the molecule is O=C1CCc2cc(Nc3ncc(C(F)(F)F)c(NC4CCC4)n3)ccc2N1. The Morgan fingerprint density at radius 3 is 2.70 bits per heavy atom. The van der Waals surface area contributed by atoms with E-state index < -0.39 is 11.7 Å². The van der Waals surface area contributed by atoms with Gasteiger partial charge in [-0.3, -0.25) is 4.79 Å². The van der Waals surface area contributed by atoms with Crippen molar-refractivity contribution in [3.05, 3.63) is 35.5 Å². The summed E-state index contributed by atoms with van der Waals surface area (Å²) in [6.45, 7) is 0. The van der Waals surface area contributed by atoms with Crippen molar-refractivity contribution >= 4 is 29.0 Å². The Labute approximate surface area is 153 Å². The molecule has 1 aromatic heterocycles. The van der Waals surface area contributed by atoms with Gasteiger partial charge in [0.1, 0.15) is 11.4 Å². The summed E-state index contributed by atoms with van der Waals surface area (Å²) in [5.74, 6) is -0.138. The molecule has 2 aromatic rings. The van der Waals surface area contributed by atoms with Gasteiger partial charge in [0.25, 0.3) is 0 Å². The van der Waals surface area contributed by atoms with Crippen LogP contribution in [0.1, 0.15) is 36.8 Å². The van der Waals surface area contributed by atoms with E-state index in [4.69, 9.17) is 0 Å². The van der Waals surface area contributed by atoms with Crippen molar-refractivity contribution in [1.29, 1.82) is 0 Å². The van der Waals surface area contributed by atoms with E-state index in [-0.39, 0.29) is 23.7 Å². The van der Waals surface area contributed by atoms with Crippen molar-refractivity contribution in [3.8, 4) is 0 Å². The average molecular weight is 377 g/mol. The second-order valence-corrected chi connectivity index (χ2v) is 6.77. The molecule has 1 aliphatic carbocycles. The number of carbonyl (C=O) groups excluding carboxylic acids is 1. The number of fused-ring (bicyclic) bond motifs is 1. The molecular weight excluding hydrogens is 359 g/mol. The van der Waals surface area contributed by atoms with Crippen LogP contribution in [0.4, 0.5) is 36.3 Å². The molecule has 142 valence electrons. The molecule has 2 heterocycles. The molecule has 0 unspecified atom stereocenters. The molecule has 6 nitrogen and oxygen atoms in total. The summed E-state index contributed by atoms with van der Waals surface area (Å²) < 4.78 is 39.7. The molecule has 2 aliphatic rings. The number of aromatic nitrogens is 2. The van der Waals surface area contributed by atoms with E-state index in [0.717, 1.165) is 36.7 Å². The quantitative estimate of drug-likeness (QED) is 0.748. The highest BCUT2D eigenvalue weighted by atomic mass is 19.4. The van der Waals surface area contributed by atoms with Crippen LogP contribution in [0.15, 0.2) is 24.4 Å². The number of hydrogen-bond donors (Lipinski definition) is 3. The van der Waals surface area contributed by atoms with E-state index in [9.17, 15) is 18.0 Å². The summed E-state index contributed by atoms with van der Waals surface area (Å²) in [5, 5.41) is 8.61. The van der Waals surface area contributed by atoms with Gasteiger partial charge in [0.15, 0.2) is 0 Å². The third kappa shape index (κ3) is 3.81. The van der Waals surface area contributed by atoms with Gasteiger partial charge in [-0.15, -0.1) is 0 Å². The third-order valence-corrected chi connectivity index (χ3v) is 4.80. The van der Waals surface area contributed by atoms with Gasteiger partial charge in [0, 0.05) is 30.0 Å². The maximum absolute atomic E-state index is 13.2. The van der Waals surface area contributed by atoms with Gasteiger partial charge in [0.2, 0.25) is 11.9 Å². The molecule has 3 N–H and O–H groups in total. The number of nitrogens with zero attached hydrogens (tertiary/aromatic N) is 2. The zero-order valence-corrected chi connectivity index (χ0v) is 14.4. The number of hydrogen-bond acceptors (Lipinski definition) is 5.